The van der Waals surface area contributed by atoms with Crippen molar-refractivity contribution in [2.45, 2.75) is 56.4 Å². The summed E-state index contributed by atoms with van der Waals surface area (Å²) in [5.41, 5.74) is 5.78. The van der Waals surface area contributed by atoms with Crippen LogP contribution in [0.3, 0.4) is 0 Å². The monoisotopic (exact) mass is 426 g/mol. The molecule has 0 saturated heterocycles. The maximum atomic E-state index is 9.23. The van der Waals surface area contributed by atoms with Crippen LogP contribution in [0.2, 0.25) is 0 Å². The van der Waals surface area contributed by atoms with E-state index in [4.69, 9.17) is 0 Å². The molecular formula is C26H35ClN2O. The quantitative estimate of drug-likeness (QED) is 0.453. The number of aromatic amines is 1. The number of hydrogen-bond acceptors (Lipinski definition) is 2. The minimum Gasteiger partial charge on any atom is -0.396 e. The maximum absolute atomic E-state index is 9.23. The molecule has 1 saturated carbocycles. The third kappa shape index (κ3) is 4.30. The van der Waals surface area contributed by atoms with Crippen molar-refractivity contribution in [1.29, 1.82) is 0 Å². The number of halogens is 1. The van der Waals surface area contributed by atoms with E-state index in [-0.39, 0.29) is 24.6 Å². The SMILES string of the molecule is CN(C)C1(c2ccccc2)CCC(c2[nH]c3ccccc3c2CCCCO)CC1.Cl. The van der Waals surface area contributed by atoms with Gasteiger partial charge in [0.05, 0.1) is 0 Å². The summed E-state index contributed by atoms with van der Waals surface area (Å²) in [6.07, 6.45) is 7.74. The highest BCUT2D eigenvalue weighted by Gasteiger charge is 2.39. The fourth-order valence-corrected chi connectivity index (χ4v) is 5.38. The van der Waals surface area contributed by atoms with Crippen molar-refractivity contribution in [3.63, 3.8) is 0 Å². The van der Waals surface area contributed by atoms with Gasteiger partial charge in [-0.25, -0.2) is 0 Å². The van der Waals surface area contributed by atoms with Gasteiger partial charge in [-0.3, -0.25) is 4.90 Å². The second-order valence-corrected chi connectivity index (χ2v) is 8.81. The van der Waals surface area contributed by atoms with E-state index in [0.717, 1.165) is 19.3 Å². The van der Waals surface area contributed by atoms with E-state index in [1.807, 2.05) is 0 Å². The summed E-state index contributed by atoms with van der Waals surface area (Å²) in [6, 6.07) is 19.8. The molecule has 2 aromatic carbocycles. The van der Waals surface area contributed by atoms with E-state index in [1.54, 1.807) is 0 Å². The fourth-order valence-electron chi connectivity index (χ4n) is 5.38. The molecule has 1 aromatic heterocycles. The first-order valence-electron chi connectivity index (χ1n) is 11.1. The van der Waals surface area contributed by atoms with Crippen LogP contribution >= 0.6 is 12.4 Å². The van der Waals surface area contributed by atoms with Gasteiger partial charge in [0.25, 0.3) is 0 Å². The molecule has 162 valence electrons. The van der Waals surface area contributed by atoms with Crippen LogP contribution in [0.5, 0.6) is 0 Å². The fraction of sp³-hybridized carbons (Fsp3) is 0.462. The van der Waals surface area contributed by atoms with Gasteiger partial charge in [-0.15, -0.1) is 12.4 Å². The number of hydrogen-bond donors (Lipinski definition) is 2. The maximum Gasteiger partial charge on any atom is 0.0459 e. The summed E-state index contributed by atoms with van der Waals surface area (Å²) < 4.78 is 0. The van der Waals surface area contributed by atoms with Gasteiger partial charge in [0.15, 0.2) is 0 Å². The molecule has 1 aliphatic carbocycles. The molecule has 1 fully saturated rings. The zero-order valence-electron chi connectivity index (χ0n) is 18.2. The molecule has 0 amide bonds. The number of benzene rings is 2. The molecule has 3 nitrogen and oxygen atoms in total. The predicted molar refractivity (Wildman–Crippen MR) is 129 cm³/mol. The average Bonchev–Trinajstić information content (AvgIpc) is 3.13. The Morgan fingerprint density at radius 2 is 1.63 bits per heavy atom. The van der Waals surface area contributed by atoms with E-state index in [0.29, 0.717) is 5.92 Å². The summed E-state index contributed by atoms with van der Waals surface area (Å²) in [6.45, 7) is 0.281. The lowest BCUT2D eigenvalue weighted by molar-refractivity contribution is 0.0903. The Balaban J connectivity index is 0.00000256. The summed E-state index contributed by atoms with van der Waals surface area (Å²) in [5.74, 6) is 0.586. The molecule has 2 N–H and O–H groups in total. The summed E-state index contributed by atoms with van der Waals surface area (Å²) in [4.78, 5) is 6.22. The van der Waals surface area contributed by atoms with Crippen LogP contribution in [-0.4, -0.2) is 35.7 Å². The first-order chi connectivity index (χ1) is 14.2. The van der Waals surface area contributed by atoms with Crippen LogP contribution in [0.15, 0.2) is 54.6 Å². The lowest BCUT2D eigenvalue weighted by atomic mass is 9.70. The van der Waals surface area contributed by atoms with Gasteiger partial charge < -0.3 is 10.1 Å². The highest BCUT2D eigenvalue weighted by Crippen LogP contribution is 2.47. The zero-order valence-corrected chi connectivity index (χ0v) is 19.0. The second kappa shape index (κ2) is 10.00. The molecular weight excluding hydrogens is 392 g/mol. The number of aryl methyl sites for hydroxylation is 1. The first kappa shape index (κ1) is 22.9. The molecule has 4 rings (SSSR count). The standard InChI is InChI=1S/C26H34N2O.ClH/c1-28(2)26(21-10-4-3-5-11-21)17-15-20(16-18-26)25-23(13-8-9-19-29)22-12-6-7-14-24(22)27-25;/h3-7,10-12,14,20,27,29H,8-9,13,15-19H2,1-2H3;1H. The Hall–Kier alpha value is -1.81. The number of H-pyrrole nitrogens is 1. The van der Waals surface area contributed by atoms with Gasteiger partial charge in [-0.2, -0.15) is 0 Å². The largest absolute Gasteiger partial charge is 0.396 e. The van der Waals surface area contributed by atoms with Gasteiger partial charge in [-0.05, 0) is 82.2 Å². The third-order valence-electron chi connectivity index (χ3n) is 7.07. The highest BCUT2D eigenvalue weighted by atomic mass is 35.5. The lowest BCUT2D eigenvalue weighted by Gasteiger charge is -2.45. The third-order valence-corrected chi connectivity index (χ3v) is 7.07. The first-order valence-corrected chi connectivity index (χ1v) is 11.1. The summed E-state index contributed by atoms with van der Waals surface area (Å²) in [5, 5.41) is 10.6. The minimum atomic E-state index is 0. The van der Waals surface area contributed by atoms with E-state index < -0.39 is 0 Å². The van der Waals surface area contributed by atoms with E-state index in [1.165, 1.54) is 53.4 Å². The van der Waals surface area contributed by atoms with Gasteiger partial charge >= 0.3 is 0 Å². The number of aliphatic hydroxyl groups is 1. The number of unbranched alkanes of at least 4 members (excludes halogenated alkanes) is 1. The summed E-state index contributed by atoms with van der Waals surface area (Å²) >= 11 is 0. The van der Waals surface area contributed by atoms with Crippen molar-refractivity contribution in [2.24, 2.45) is 0 Å². The van der Waals surface area contributed by atoms with Gasteiger partial charge in [0.2, 0.25) is 0 Å². The summed E-state index contributed by atoms with van der Waals surface area (Å²) in [7, 11) is 4.47. The van der Waals surface area contributed by atoms with E-state index in [2.05, 4.69) is 78.6 Å². The molecule has 1 aliphatic rings. The number of nitrogens with zero attached hydrogens (tertiary/aromatic N) is 1. The van der Waals surface area contributed by atoms with E-state index in [9.17, 15) is 5.11 Å². The smallest absolute Gasteiger partial charge is 0.0459 e. The predicted octanol–water partition coefficient (Wildman–Crippen LogP) is 6.02. The Morgan fingerprint density at radius 1 is 0.967 bits per heavy atom. The normalized spacial score (nSPS) is 21.7. The van der Waals surface area contributed by atoms with Crippen molar-refractivity contribution >= 4 is 23.3 Å². The second-order valence-electron chi connectivity index (χ2n) is 8.81. The Morgan fingerprint density at radius 3 is 2.30 bits per heavy atom. The van der Waals surface area contributed by atoms with Crippen molar-refractivity contribution in [1.82, 2.24) is 9.88 Å². The molecule has 30 heavy (non-hydrogen) atoms. The molecule has 0 bridgehead atoms. The number of aliphatic hydroxyl groups excluding tert-OH is 1. The minimum absolute atomic E-state index is 0. The van der Waals surface area contributed by atoms with Crippen LogP contribution in [-0.2, 0) is 12.0 Å². The van der Waals surface area contributed by atoms with Crippen LogP contribution in [0.25, 0.3) is 10.9 Å². The zero-order chi connectivity index (χ0) is 20.3. The molecule has 1 heterocycles. The number of fused-ring (bicyclic) bond motifs is 1. The number of aromatic nitrogens is 1. The molecule has 0 aliphatic heterocycles. The van der Waals surface area contributed by atoms with E-state index >= 15 is 0 Å². The van der Waals surface area contributed by atoms with Crippen LogP contribution in [0.1, 0.15) is 61.3 Å². The van der Waals surface area contributed by atoms with Crippen LogP contribution < -0.4 is 0 Å². The molecule has 3 aromatic rings. The van der Waals surface area contributed by atoms with Crippen molar-refractivity contribution in [3.05, 3.63) is 71.4 Å². The topological polar surface area (TPSA) is 39.3 Å². The number of rotatable bonds is 7. The molecule has 0 unspecified atom stereocenters. The number of nitrogens with one attached hydrogen (secondary N) is 1. The van der Waals surface area contributed by atoms with Gasteiger partial charge in [0, 0.05) is 28.7 Å². The van der Waals surface area contributed by atoms with Crippen molar-refractivity contribution in [2.75, 3.05) is 20.7 Å². The average molecular weight is 427 g/mol. The van der Waals surface area contributed by atoms with Crippen molar-refractivity contribution in [3.8, 4) is 0 Å². The Kier molecular flexibility index (Phi) is 7.62. The van der Waals surface area contributed by atoms with Gasteiger partial charge in [0.1, 0.15) is 0 Å². The van der Waals surface area contributed by atoms with Crippen molar-refractivity contribution < 1.29 is 5.11 Å². The molecule has 0 spiro atoms. The van der Waals surface area contributed by atoms with Crippen LogP contribution in [0.4, 0.5) is 0 Å². The van der Waals surface area contributed by atoms with Gasteiger partial charge in [-0.1, -0.05) is 48.5 Å². The molecule has 0 atom stereocenters. The Labute approximate surface area is 186 Å². The highest BCUT2D eigenvalue weighted by molar-refractivity contribution is 5.85. The lowest BCUT2D eigenvalue weighted by Crippen LogP contribution is -2.44. The molecule has 4 heteroatoms. The van der Waals surface area contributed by atoms with Crippen LogP contribution in [0, 0.1) is 0 Å². The Bertz CT molecular complexity index is 927. The number of para-hydroxylation sites is 1. The molecule has 0 radical (unpaired) electrons.